The Morgan fingerprint density at radius 3 is 1.69 bits per heavy atom. The molecular formula is C27H26O2. The van der Waals surface area contributed by atoms with Crippen LogP contribution in [0, 0.1) is 6.92 Å². The molecule has 0 radical (unpaired) electrons. The highest BCUT2D eigenvalue weighted by Gasteiger charge is 2.02. The van der Waals surface area contributed by atoms with Crippen LogP contribution in [0.2, 0.25) is 0 Å². The van der Waals surface area contributed by atoms with Crippen LogP contribution < -0.4 is 9.47 Å². The van der Waals surface area contributed by atoms with E-state index in [0.29, 0.717) is 0 Å². The van der Waals surface area contributed by atoms with Gasteiger partial charge in [-0.1, -0.05) is 60.2 Å². The molecule has 2 nitrogen and oxygen atoms in total. The van der Waals surface area contributed by atoms with E-state index in [-0.39, 0.29) is 0 Å². The fourth-order valence-electron chi connectivity index (χ4n) is 2.72. The minimum atomic E-state index is 0.790. The summed E-state index contributed by atoms with van der Waals surface area (Å²) in [6.07, 6.45) is 5.78. The molecule has 0 N–H and O–H groups in total. The summed E-state index contributed by atoms with van der Waals surface area (Å²) >= 11 is 0. The second-order valence-electron chi connectivity index (χ2n) is 6.94. The number of benzene rings is 3. The van der Waals surface area contributed by atoms with Crippen LogP contribution in [0.3, 0.4) is 0 Å². The van der Waals surface area contributed by atoms with Gasteiger partial charge in [0.05, 0.1) is 0 Å². The van der Waals surface area contributed by atoms with Gasteiger partial charge in [0.1, 0.15) is 23.0 Å². The van der Waals surface area contributed by atoms with Gasteiger partial charge in [-0.25, -0.2) is 0 Å². The van der Waals surface area contributed by atoms with Gasteiger partial charge >= 0.3 is 0 Å². The molecule has 3 rings (SSSR count). The summed E-state index contributed by atoms with van der Waals surface area (Å²) in [6.45, 7) is 9.84. The molecular weight excluding hydrogens is 356 g/mol. The third kappa shape index (κ3) is 5.98. The van der Waals surface area contributed by atoms with Crippen molar-refractivity contribution >= 4 is 0 Å². The van der Waals surface area contributed by atoms with Crippen molar-refractivity contribution in [2.75, 3.05) is 0 Å². The van der Waals surface area contributed by atoms with E-state index < -0.39 is 0 Å². The number of rotatable bonds is 7. The van der Waals surface area contributed by atoms with E-state index in [1.807, 2.05) is 80.6 Å². The zero-order valence-electron chi connectivity index (χ0n) is 17.2. The van der Waals surface area contributed by atoms with E-state index in [2.05, 4.69) is 37.8 Å². The first-order valence-corrected chi connectivity index (χ1v) is 9.66. The monoisotopic (exact) mass is 382 g/mol. The van der Waals surface area contributed by atoms with Crippen LogP contribution in [-0.2, 0) is 0 Å². The van der Waals surface area contributed by atoms with Crippen molar-refractivity contribution in [3.8, 4) is 28.4 Å². The second-order valence-corrected chi connectivity index (χ2v) is 6.94. The van der Waals surface area contributed by atoms with Crippen LogP contribution in [0.4, 0.5) is 0 Å². The molecule has 146 valence electrons. The molecule has 0 fully saturated rings. The highest BCUT2D eigenvalue weighted by atomic mass is 16.5. The summed E-state index contributed by atoms with van der Waals surface area (Å²) in [5.74, 6) is 3.25. The Morgan fingerprint density at radius 2 is 1.21 bits per heavy atom. The van der Waals surface area contributed by atoms with Crippen molar-refractivity contribution in [2.24, 2.45) is 0 Å². The van der Waals surface area contributed by atoms with E-state index in [9.17, 15) is 0 Å². The van der Waals surface area contributed by atoms with Crippen molar-refractivity contribution in [2.45, 2.75) is 20.8 Å². The third-order valence-electron chi connectivity index (χ3n) is 4.35. The molecule has 0 aliphatic heterocycles. The average Bonchev–Trinajstić information content (AvgIpc) is 2.74. The topological polar surface area (TPSA) is 18.5 Å². The molecule has 0 unspecified atom stereocenters. The minimum absolute atomic E-state index is 0.790. The number of aryl methyl sites for hydroxylation is 1. The fraction of sp³-hybridized carbons (Fsp3) is 0.111. The molecule has 0 aliphatic carbocycles. The molecule has 0 atom stereocenters. The minimum Gasteiger partial charge on any atom is -0.458 e. The Morgan fingerprint density at radius 1 is 0.724 bits per heavy atom. The number of allylic oxidation sites excluding steroid dienone is 4. The van der Waals surface area contributed by atoms with Gasteiger partial charge in [0.15, 0.2) is 0 Å². The fourth-order valence-corrected chi connectivity index (χ4v) is 2.72. The lowest BCUT2D eigenvalue weighted by Crippen LogP contribution is -1.92. The molecule has 0 heterocycles. The Hall–Kier alpha value is -3.52. The predicted molar refractivity (Wildman–Crippen MR) is 121 cm³/mol. The van der Waals surface area contributed by atoms with Crippen molar-refractivity contribution in [1.82, 2.24) is 0 Å². The van der Waals surface area contributed by atoms with Gasteiger partial charge in [0, 0.05) is 0 Å². The standard InChI is InChI=1S/C27H26O2/c1-5-24(13-6-20(2)3)28-26-16-9-22(10-17-26)23-11-18-27(19-12-23)29-25-14-7-21(4)8-15-25/h5-19H,2H2,1,3-4H3/b13-6-,24-5+. The lowest BCUT2D eigenvalue weighted by Gasteiger charge is -2.09. The van der Waals surface area contributed by atoms with E-state index in [1.165, 1.54) is 5.56 Å². The van der Waals surface area contributed by atoms with Gasteiger partial charge < -0.3 is 9.47 Å². The van der Waals surface area contributed by atoms with E-state index in [1.54, 1.807) is 0 Å². The third-order valence-corrected chi connectivity index (χ3v) is 4.35. The number of hydrogen-bond acceptors (Lipinski definition) is 2. The van der Waals surface area contributed by atoms with Crippen LogP contribution in [0.15, 0.2) is 109 Å². The lowest BCUT2D eigenvalue weighted by atomic mass is 10.1. The van der Waals surface area contributed by atoms with Gasteiger partial charge in [-0.05, 0) is 80.4 Å². The molecule has 3 aromatic rings. The summed E-state index contributed by atoms with van der Waals surface area (Å²) in [4.78, 5) is 0. The van der Waals surface area contributed by atoms with Crippen LogP contribution in [0.25, 0.3) is 11.1 Å². The summed E-state index contributed by atoms with van der Waals surface area (Å²) in [5.41, 5.74) is 4.45. The van der Waals surface area contributed by atoms with Crippen LogP contribution in [-0.4, -0.2) is 0 Å². The normalized spacial score (nSPS) is 11.5. The Bertz CT molecular complexity index is 1010. The molecule has 0 aromatic heterocycles. The van der Waals surface area contributed by atoms with Crippen molar-refractivity contribution in [3.63, 3.8) is 0 Å². The Labute approximate surface area is 173 Å². The van der Waals surface area contributed by atoms with Crippen molar-refractivity contribution in [1.29, 1.82) is 0 Å². The smallest absolute Gasteiger partial charge is 0.127 e. The van der Waals surface area contributed by atoms with E-state index in [4.69, 9.17) is 9.47 Å². The average molecular weight is 383 g/mol. The maximum atomic E-state index is 5.91. The Kier molecular flexibility index (Phi) is 6.70. The van der Waals surface area contributed by atoms with Gasteiger partial charge in [0.2, 0.25) is 0 Å². The van der Waals surface area contributed by atoms with Crippen LogP contribution in [0.5, 0.6) is 17.2 Å². The first kappa shape index (κ1) is 20.2. The quantitative estimate of drug-likeness (QED) is 0.306. The molecule has 0 saturated heterocycles. The largest absolute Gasteiger partial charge is 0.458 e. The summed E-state index contributed by atoms with van der Waals surface area (Å²) in [7, 11) is 0. The molecule has 2 heteroatoms. The molecule has 0 saturated carbocycles. The second kappa shape index (κ2) is 9.61. The number of hydrogen-bond donors (Lipinski definition) is 0. The number of ether oxygens (including phenoxy) is 2. The Balaban J connectivity index is 1.66. The molecule has 3 aromatic carbocycles. The first-order chi connectivity index (χ1) is 14.0. The highest BCUT2D eigenvalue weighted by molar-refractivity contribution is 5.65. The maximum absolute atomic E-state index is 5.91. The summed E-state index contributed by atoms with van der Waals surface area (Å²) in [5, 5.41) is 0. The zero-order chi connectivity index (χ0) is 20.6. The van der Waals surface area contributed by atoms with E-state index in [0.717, 1.165) is 39.7 Å². The van der Waals surface area contributed by atoms with Crippen LogP contribution >= 0.6 is 0 Å². The van der Waals surface area contributed by atoms with Gasteiger partial charge in [-0.2, -0.15) is 0 Å². The maximum Gasteiger partial charge on any atom is 0.127 e. The molecule has 0 amide bonds. The first-order valence-electron chi connectivity index (χ1n) is 9.66. The van der Waals surface area contributed by atoms with E-state index >= 15 is 0 Å². The van der Waals surface area contributed by atoms with Gasteiger partial charge in [-0.15, -0.1) is 0 Å². The van der Waals surface area contributed by atoms with Crippen LogP contribution in [0.1, 0.15) is 19.4 Å². The lowest BCUT2D eigenvalue weighted by molar-refractivity contribution is 0.443. The highest BCUT2D eigenvalue weighted by Crippen LogP contribution is 2.27. The molecule has 0 bridgehead atoms. The van der Waals surface area contributed by atoms with Gasteiger partial charge in [-0.3, -0.25) is 0 Å². The zero-order valence-corrected chi connectivity index (χ0v) is 17.2. The predicted octanol–water partition coefficient (Wildman–Crippen LogP) is 7.87. The summed E-state index contributed by atoms with van der Waals surface area (Å²) < 4.78 is 11.8. The van der Waals surface area contributed by atoms with Gasteiger partial charge in [0.25, 0.3) is 0 Å². The molecule has 29 heavy (non-hydrogen) atoms. The summed E-state index contributed by atoms with van der Waals surface area (Å²) in [6, 6.07) is 24.2. The molecule has 0 aliphatic rings. The molecule has 0 spiro atoms. The SMILES string of the molecule is C=C(C)/C=C\C(=C/C)Oc1ccc(-c2ccc(Oc3ccc(C)cc3)cc2)cc1. The van der Waals surface area contributed by atoms with Crippen molar-refractivity contribution in [3.05, 3.63) is 114 Å². The van der Waals surface area contributed by atoms with Crippen molar-refractivity contribution < 1.29 is 9.47 Å².